The lowest BCUT2D eigenvalue weighted by Crippen LogP contribution is -2.33. The number of hydrogen-bond donors (Lipinski definition) is 2. The van der Waals surface area contributed by atoms with Crippen LogP contribution in [0.15, 0.2) is 35.4 Å². The zero-order chi connectivity index (χ0) is 22.1. The third-order valence-corrected chi connectivity index (χ3v) is 5.88. The summed E-state index contributed by atoms with van der Waals surface area (Å²) in [5.74, 6) is -0.431. The van der Waals surface area contributed by atoms with Crippen LogP contribution < -0.4 is 16.2 Å². The molecular formula is C22H24F3N5O. The van der Waals surface area contributed by atoms with E-state index < -0.39 is 23.8 Å². The fourth-order valence-electron chi connectivity index (χ4n) is 4.17. The molecule has 1 saturated heterocycles. The molecule has 3 heterocycles. The molecule has 1 aliphatic heterocycles. The van der Waals surface area contributed by atoms with E-state index in [0.717, 1.165) is 32.0 Å². The van der Waals surface area contributed by atoms with Crippen LogP contribution in [0.3, 0.4) is 0 Å². The van der Waals surface area contributed by atoms with Gasteiger partial charge in [-0.2, -0.15) is 0 Å². The van der Waals surface area contributed by atoms with Gasteiger partial charge in [0.1, 0.15) is 23.6 Å². The molecule has 4 rings (SSSR count). The molecule has 31 heavy (non-hydrogen) atoms. The van der Waals surface area contributed by atoms with E-state index >= 15 is 0 Å². The van der Waals surface area contributed by atoms with Crippen LogP contribution in [0.2, 0.25) is 0 Å². The number of fused-ring (bicyclic) bond motifs is 1. The summed E-state index contributed by atoms with van der Waals surface area (Å²) in [7, 11) is 1.66. The first-order valence-corrected chi connectivity index (χ1v) is 10.3. The van der Waals surface area contributed by atoms with Crippen LogP contribution in [-0.2, 0) is 7.05 Å². The van der Waals surface area contributed by atoms with Gasteiger partial charge >= 0.3 is 0 Å². The first-order valence-electron chi connectivity index (χ1n) is 10.3. The lowest BCUT2D eigenvalue weighted by Gasteiger charge is -2.24. The van der Waals surface area contributed by atoms with Crippen LogP contribution in [0, 0.1) is 5.82 Å². The van der Waals surface area contributed by atoms with Crippen LogP contribution in [-0.4, -0.2) is 27.6 Å². The molecule has 3 aromatic rings. The van der Waals surface area contributed by atoms with Gasteiger partial charge in [-0.3, -0.25) is 9.36 Å². The molecule has 1 fully saturated rings. The second-order valence-corrected chi connectivity index (χ2v) is 7.88. The third kappa shape index (κ3) is 4.01. The Hall–Kier alpha value is -2.94. The molecule has 1 aromatic carbocycles. The molecule has 0 unspecified atom stereocenters. The van der Waals surface area contributed by atoms with E-state index in [1.165, 1.54) is 23.0 Å². The number of benzene rings is 1. The van der Waals surface area contributed by atoms with E-state index in [1.54, 1.807) is 20.0 Å². The summed E-state index contributed by atoms with van der Waals surface area (Å²) in [5.41, 5.74) is 0.511. The number of pyridine rings is 1. The van der Waals surface area contributed by atoms with E-state index in [2.05, 4.69) is 20.6 Å². The van der Waals surface area contributed by atoms with Crippen LogP contribution in [0.1, 0.15) is 54.8 Å². The Morgan fingerprint density at radius 3 is 2.74 bits per heavy atom. The maximum Gasteiger partial charge on any atom is 0.266 e. The number of piperidine rings is 1. The second-order valence-electron chi connectivity index (χ2n) is 7.88. The number of nitrogens with zero attached hydrogens (tertiary/aromatic N) is 3. The Kier molecular flexibility index (Phi) is 5.95. The average molecular weight is 431 g/mol. The van der Waals surface area contributed by atoms with Gasteiger partial charge in [-0.25, -0.2) is 23.1 Å². The van der Waals surface area contributed by atoms with Gasteiger partial charge in [-0.05, 0) is 32.4 Å². The number of anilines is 1. The molecule has 6 nitrogen and oxygen atoms in total. The number of halogens is 3. The summed E-state index contributed by atoms with van der Waals surface area (Å²) < 4.78 is 42.3. The molecule has 0 spiro atoms. The number of rotatable bonds is 5. The predicted molar refractivity (Wildman–Crippen MR) is 113 cm³/mol. The smallest absolute Gasteiger partial charge is 0.266 e. The molecule has 1 aliphatic rings. The highest BCUT2D eigenvalue weighted by Crippen LogP contribution is 2.31. The van der Waals surface area contributed by atoms with Crippen LogP contribution in [0.5, 0.6) is 0 Å². The van der Waals surface area contributed by atoms with Crippen molar-refractivity contribution in [1.29, 1.82) is 0 Å². The van der Waals surface area contributed by atoms with E-state index in [0.29, 0.717) is 22.4 Å². The fraction of sp³-hybridized carbons (Fsp3) is 0.409. The summed E-state index contributed by atoms with van der Waals surface area (Å²) in [4.78, 5) is 21.5. The minimum atomic E-state index is -2.90. The van der Waals surface area contributed by atoms with Crippen molar-refractivity contribution in [2.45, 2.75) is 38.2 Å². The normalized spacial score (nSPS) is 17.8. The quantitative estimate of drug-likeness (QED) is 0.638. The average Bonchev–Trinajstić information content (AvgIpc) is 2.77. The number of aryl methyl sites for hydroxylation is 1. The highest BCUT2D eigenvalue weighted by Gasteiger charge is 2.23. The highest BCUT2D eigenvalue weighted by molar-refractivity contribution is 5.87. The van der Waals surface area contributed by atoms with E-state index in [-0.39, 0.29) is 17.0 Å². The SMILES string of the molecule is C[C@@H](Nc1ncnc2c1cc([C@@H]1CCCNC1)c(=O)n2C)c1cccc(C(F)F)c1F. The Balaban J connectivity index is 1.75. The standard InChI is InChI=1S/C22H24F3N5O/c1-12(14-6-3-7-15(18(14)23)19(24)25)29-20-17-9-16(13-5-4-8-26-10-13)22(31)30(2)21(17)28-11-27-20/h3,6-7,9,11-13,19,26H,4-5,8,10H2,1-2H3,(H,27,28,29)/t12-,13-/m1/s1. The van der Waals surface area contributed by atoms with Gasteiger partial charge in [0.15, 0.2) is 0 Å². The molecule has 0 saturated carbocycles. The monoisotopic (exact) mass is 431 g/mol. The van der Waals surface area contributed by atoms with Crippen molar-refractivity contribution in [2.75, 3.05) is 18.4 Å². The van der Waals surface area contributed by atoms with Crippen molar-refractivity contribution in [3.05, 3.63) is 63.5 Å². The summed E-state index contributed by atoms with van der Waals surface area (Å²) in [5, 5.41) is 7.06. The molecule has 9 heteroatoms. The summed E-state index contributed by atoms with van der Waals surface area (Å²) >= 11 is 0. The summed E-state index contributed by atoms with van der Waals surface area (Å²) in [6, 6.07) is 5.13. The molecule has 2 atom stereocenters. The topological polar surface area (TPSA) is 71.8 Å². The Morgan fingerprint density at radius 2 is 2.03 bits per heavy atom. The highest BCUT2D eigenvalue weighted by atomic mass is 19.3. The zero-order valence-electron chi connectivity index (χ0n) is 17.3. The van der Waals surface area contributed by atoms with E-state index in [9.17, 15) is 18.0 Å². The number of nitrogens with one attached hydrogen (secondary N) is 2. The van der Waals surface area contributed by atoms with Gasteiger partial charge in [0.05, 0.1) is 17.0 Å². The minimum absolute atomic E-state index is 0.0856. The molecule has 2 N–H and O–H groups in total. The van der Waals surface area contributed by atoms with Crippen LogP contribution in [0.4, 0.5) is 19.0 Å². The van der Waals surface area contributed by atoms with Gasteiger partial charge in [-0.15, -0.1) is 0 Å². The molecule has 0 amide bonds. The number of alkyl halides is 2. The van der Waals surface area contributed by atoms with Gasteiger partial charge in [0, 0.05) is 30.6 Å². The van der Waals surface area contributed by atoms with Crippen molar-refractivity contribution in [1.82, 2.24) is 19.9 Å². The Bertz CT molecular complexity index is 1160. The fourth-order valence-corrected chi connectivity index (χ4v) is 4.17. The van der Waals surface area contributed by atoms with Crippen molar-refractivity contribution in [3.63, 3.8) is 0 Å². The molecular weight excluding hydrogens is 407 g/mol. The number of hydrogen-bond acceptors (Lipinski definition) is 5. The Morgan fingerprint density at radius 1 is 1.26 bits per heavy atom. The lowest BCUT2D eigenvalue weighted by atomic mass is 9.92. The number of aromatic nitrogens is 3. The summed E-state index contributed by atoms with van der Waals surface area (Å²) in [6.45, 7) is 3.33. The molecule has 0 bridgehead atoms. The third-order valence-electron chi connectivity index (χ3n) is 5.88. The largest absolute Gasteiger partial charge is 0.363 e. The van der Waals surface area contributed by atoms with Gasteiger partial charge < -0.3 is 10.6 Å². The molecule has 2 aromatic heterocycles. The lowest BCUT2D eigenvalue weighted by molar-refractivity contribution is 0.146. The molecule has 0 radical (unpaired) electrons. The van der Waals surface area contributed by atoms with Crippen LogP contribution >= 0.6 is 0 Å². The van der Waals surface area contributed by atoms with Gasteiger partial charge in [0.2, 0.25) is 0 Å². The van der Waals surface area contributed by atoms with Gasteiger partial charge in [0.25, 0.3) is 12.0 Å². The maximum absolute atomic E-state index is 14.6. The van der Waals surface area contributed by atoms with E-state index in [1.807, 2.05) is 0 Å². The molecule has 164 valence electrons. The van der Waals surface area contributed by atoms with Crippen molar-refractivity contribution >= 4 is 16.9 Å². The zero-order valence-corrected chi connectivity index (χ0v) is 17.3. The first-order chi connectivity index (χ1) is 14.9. The first kappa shape index (κ1) is 21.3. The minimum Gasteiger partial charge on any atom is -0.363 e. The van der Waals surface area contributed by atoms with Crippen LogP contribution in [0.25, 0.3) is 11.0 Å². The van der Waals surface area contributed by atoms with Crippen molar-refractivity contribution in [3.8, 4) is 0 Å². The van der Waals surface area contributed by atoms with Crippen molar-refractivity contribution in [2.24, 2.45) is 7.05 Å². The summed E-state index contributed by atoms with van der Waals surface area (Å²) in [6.07, 6.45) is 0.323. The van der Waals surface area contributed by atoms with Crippen molar-refractivity contribution < 1.29 is 13.2 Å². The van der Waals surface area contributed by atoms with Gasteiger partial charge in [-0.1, -0.05) is 18.2 Å². The predicted octanol–water partition coefficient (Wildman–Crippen LogP) is 4.05. The van der Waals surface area contributed by atoms with E-state index in [4.69, 9.17) is 0 Å². The Labute approximate surface area is 177 Å². The maximum atomic E-state index is 14.6. The molecule has 0 aliphatic carbocycles. The second kappa shape index (κ2) is 8.66.